The molecule has 0 unspecified atom stereocenters. The predicted octanol–water partition coefficient (Wildman–Crippen LogP) is 1.60. The Labute approximate surface area is 105 Å². The van der Waals surface area contributed by atoms with Gasteiger partial charge in [-0.25, -0.2) is 4.39 Å². The van der Waals surface area contributed by atoms with Gasteiger partial charge in [0.2, 0.25) is 5.91 Å². The maximum Gasteiger partial charge on any atom is 0.322 e. The molecule has 1 amide bonds. The third-order valence-corrected chi connectivity index (χ3v) is 2.67. The number of carboxylic acid groups (broad SMARTS) is 1. The van der Waals surface area contributed by atoms with Gasteiger partial charge < -0.3 is 10.4 Å². The van der Waals surface area contributed by atoms with Gasteiger partial charge in [-0.2, -0.15) is 0 Å². The number of hydrogen-bond donors (Lipinski definition) is 2. The van der Waals surface area contributed by atoms with Crippen molar-refractivity contribution in [2.45, 2.75) is 19.8 Å². The van der Waals surface area contributed by atoms with Crippen molar-refractivity contribution < 1.29 is 19.1 Å². The van der Waals surface area contributed by atoms with E-state index in [2.05, 4.69) is 5.32 Å². The zero-order valence-electron chi connectivity index (χ0n) is 10.1. The Morgan fingerprint density at radius 1 is 1.39 bits per heavy atom. The number of aryl methyl sites for hydroxylation is 1. The molecule has 0 aliphatic heterocycles. The molecule has 0 bridgehead atoms. The fraction of sp³-hybridized carbons (Fsp3) is 0.385. The summed E-state index contributed by atoms with van der Waals surface area (Å²) in [5, 5.41) is 10.7. The monoisotopic (exact) mass is 253 g/mol. The highest BCUT2D eigenvalue weighted by Crippen LogP contribution is 2.12. The van der Waals surface area contributed by atoms with Crippen molar-refractivity contribution >= 4 is 11.9 Å². The predicted molar refractivity (Wildman–Crippen MR) is 64.5 cm³/mol. The van der Waals surface area contributed by atoms with E-state index >= 15 is 0 Å². The minimum atomic E-state index is -1.08. The third kappa shape index (κ3) is 4.53. The van der Waals surface area contributed by atoms with Gasteiger partial charge in [-0.15, -0.1) is 0 Å². The summed E-state index contributed by atoms with van der Waals surface area (Å²) < 4.78 is 13.3. The summed E-state index contributed by atoms with van der Waals surface area (Å²) in [6, 6.07) is 6.41. The van der Waals surface area contributed by atoms with E-state index < -0.39 is 5.97 Å². The van der Waals surface area contributed by atoms with Crippen LogP contribution in [0.15, 0.2) is 24.3 Å². The summed E-state index contributed by atoms with van der Waals surface area (Å²) in [6.45, 7) is 1.31. The summed E-state index contributed by atoms with van der Waals surface area (Å²) in [7, 11) is 0. The van der Waals surface area contributed by atoms with Gasteiger partial charge in [-0.1, -0.05) is 25.1 Å². The lowest BCUT2D eigenvalue weighted by Crippen LogP contribution is -2.33. The number of carbonyl (C=O) groups is 2. The van der Waals surface area contributed by atoms with Gasteiger partial charge in [-0.05, 0) is 24.5 Å². The van der Waals surface area contributed by atoms with Gasteiger partial charge in [0.25, 0.3) is 0 Å². The average Bonchev–Trinajstić information content (AvgIpc) is 2.34. The number of carbonyl (C=O) groups excluding carboxylic acids is 1. The molecule has 0 aromatic heterocycles. The van der Waals surface area contributed by atoms with Crippen LogP contribution in [0.3, 0.4) is 0 Å². The van der Waals surface area contributed by atoms with E-state index in [1.807, 2.05) is 0 Å². The number of rotatable bonds is 6. The Morgan fingerprint density at radius 2 is 2.06 bits per heavy atom. The van der Waals surface area contributed by atoms with E-state index in [0.717, 1.165) is 0 Å². The van der Waals surface area contributed by atoms with Crippen molar-refractivity contribution in [1.29, 1.82) is 0 Å². The topological polar surface area (TPSA) is 66.4 Å². The minimum Gasteiger partial charge on any atom is -0.480 e. The van der Waals surface area contributed by atoms with Crippen molar-refractivity contribution in [3.63, 3.8) is 0 Å². The molecular formula is C13H16FNO3. The Hall–Kier alpha value is -1.91. The summed E-state index contributed by atoms with van der Waals surface area (Å²) >= 11 is 0. The maximum atomic E-state index is 13.3. The first-order chi connectivity index (χ1) is 8.50. The van der Waals surface area contributed by atoms with Gasteiger partial charge in [0.05, 0.1) is 0 Å². The average molecular weight is 253 g/mol. The summed E-state index contributed by atoms with van der Waals surface area (Å²) in [4.78, 5) is 21.8. The van der Waals surface area contributed by atoms with Crippen LogP contribution in [0.4, 0.5) is 4.39 Å². The highest BCUT2D eigenvalue weighted by molar-refractivity contribution is 5.82. The molecule has 0 heterocycles. The molecule has 98 valence electrons. The zero-order valence-corrected chi connectivity index (χ0v) is 10.1. The normalized spacial score (nSPS) is 11.9. The van der Waals surface area contributed by atoms with Crippen LogP contribution in [-0.2, 0) is 16.0 Å². The smallest absolute Gasteiger partial charge is 0.322 e. The van der Waals surface area contributed by atoms with Crippen LogP contribution < -0.4 is 5.32 Å². The molecule has 0 fully saturated rings. The van der Waals surface area contributed by atoms with Crippen LogP contribution in [0.25, 0.3) is 0 Å². The molecular weight excluding hydrogens is 237 g/mol. The van der Waals surface area contributed by atoms with Gasteiger partial charge in [0.1, 0.15) is 12.4 Å². The van der Waals surface area contributed by atoms with Crippen molar-refractivity contribution in [1.82, 2.24) is 5.32 Å². The van der Waals surface area contributed by atoms with Crippen molar-refractivity contribution in [2.24, 2.45) is 5.92 Å². The largest absolute Gasteiger partial charge is 0.480 e. The first-order valence-electron chi connectivity index (χ1n) is 5.73. The summed E-state index contributed by atoms with van der Waals surface area (Å²) in [5.74, 6) is -2.03. The Balaban J connectivity index is 2.41. The zero-order chi connectivity index (χ0) is 13.5. The molecule has 5 heteroatoms. The Morgan fingerprint density at radius 3 is 2.67 bits per heavy atom. The number of carboxylic acids is 1. The Kier molecular flexibility index (Phi) is 5.30. The van der Waals surface area contributed by atoms with E-state index in [1.54, 1.807) is 25.1 Å². The summed E-state index contributed by atoms with van der Waals surface area (Å²) in [5.41, 5.74) is 0.565. The van der Waals surface area contributed by atoms with E-state index in [1.165, 1.54) is 6.07 Å². The highest BCUT2D eigenvalue weighted by atomic mass is 19.1. The molecule has 0 spiro atoms. The van der Waals surface area contributed by atoms with Gasteiger partial charge >= 0.3 is 5.97 Å². The van der Waals surface area contributed by atoms with Crippen molar-refractivity contribution in [3.8, 4) is 0 Å². The van der Waals surface area contributed by atoms with E-state index in [9.17, 15) is 14.0 Å². The molecule has 2 N–H and O–H groups in total. The van der Waals surface area contributed by atoms with Crippen LogP contribution in [0.2, 0.25) is 0 Å². The maximum absolute atomic E-state index is 13.3. The first kappa shape index (κ1) is 14.2. The van der Waals surface area contributed by atoms with E-state index in [-0.39, 0.29) is 24.2 Å². The highest BCUT2D eigenvalue weighted by Gasteiger charge is 2.14. The number of benzene rings is 1. The fourth-order valence-electron chi connectivity index (χ4n) is 1.54. The Bertz CT molecular complexity index is 434. The lowest BCUT2D eigenvalue weighted by molar-refractivity contribution is -0.138. The van der Waals surface area contributed by atoms with Crippen LogP contribution in [0.5, 0.6) is 0 Å². The molecule has 1 aromatic carbocycles. The second kappa shape index (κ2) is 6.74. The van der Waals surface area contributed by atoms with Crippen LogP contribution in [0.1, 0.15) is 18.9 Å². The minimum absolute atomic E-state index is 0.282. The molecule has 0 saturated heterocycles. The van der Waals surface area contributed by atoms with Crippen LogP contribution in [0, 0.1) is 11.7 Å². The molecule has 4 nitrogen and oxygen atoms in total. The van der Waals surface area contributed by atoms with Gasteiger partial charge in [0, 0.05) is 5.92 Å². The molecule has 1 atom stereocenters. The van der Waals surface area contributed by atoms with Crippen LogP contribution >= 0.6 is 0 Å². The number of halogens is 1. The first-order valence-corrected chi connectivity index (χ1v) is 5.73. The molecule has 0 aliphatic carbocycles. The number of hydrogen-bond acceptors (Lipinski definition) is 2. The van der Waals surface area contributed by atoms with Crippen molar-refractivity contribution in [3.05, 3.63) is 35.6 Å². The lowest BCUT2D eigenvalue weighted by Gasteiger charge is -2.11. The lowest BCUT2D eigenvalue weighted by atomic mass is 10.00. The summed E-state index contributed by atoms with van der Waals surface area (Å²) in [6.07, 6.45) is 0.931. The third-order valence-electron chi connectivity index (χ3n) is 2.67. The molecule has 0 saturated carbocycles. The standard InChI is InChI=1S/C13H16FNO3/c1-9(13(18)15-8-12(16)17)6-7-10-4-2-3-5-11(10)14/h2-5,9H,6-8H2,1H3,(H,15,18)(H,16,17)/t9-/m1/s1. The van der Waals surface area contributed by atoms with Crippen molar-refractivity contribution in [2.75, 3.05) is 6.54 Å². The number of aliphatic carboxylic acids is 1. The molecule has 1 rings (SSSR count). The molecule has 18 heavy (non-hydrogen) atoms. The second-order valence-electron chi connectivity index (χ2n) is 4.14. The van der Waals surface area contributed by atoms with Gasteiger partial charge in [-0.3, -0.25) is 9.59 Å². The number of nitrogens with one attached hydrogen (secondary N) is 1. The van der Waals surface area contributed by atoms with Gasteiger partial charge in [0.15, 0.2) is 0 Å². The molecule has 0 aliphatic rings. The molecule has 1 aromatic rings. The van der Waals surface area contributed by atoms with Crippen LogP contribution in [-0.4, -0.2) is 23.5 Å². The second-order valence-corrected chi connectivity index (χ2v) is 4.14. The fourth-order valence-corrected chi connectivity index (χ4v) is 1.54. The number of amides is 1. The SMILES string of the molecule is C[C@H](CCc1ccccc1F)C(=O)NCC(=O)O. The quantitative estimate of drug-likeness (QED) is 0.809. The van der Waals surface area contributed by atoms with E-state index in [4.69, 9.17) is 5.11 Å². The molecule has 0 radical (unpaired) electrons. The van der Waals surface area contributed by atoms with E-state index in [0.29, 0.717) is 18.4 Å².